The van der Waals surface area contributed by atoms with Gasteiger partial charge in [-0.25, -0.2) is 0 Å². The Balaban J connectivity index is 1.46. The SMILES string of the molecule is CCCCCCCOc1ccc(C(=O)NC(=S)Nc2ccc(C(=O)Nc3cccc(C(F)(F)F)c3)cc2)cc1. The van der Waals surface area contributed by atoms with Crippen molar-refractivity contribution in [1.29, 1.82) is 0 Å². The average Bonchev–Trinajstić information content (AvgIpc) is 2.91. The third-order valence-corrected chi connectivity index (χ3v) is 5.92. The molecule has 3 aromatic rings. The predicted octanol–water partition coefficient (Wildman–Crippen LogP) is 7.43. The van der Waals surface area contributed by atoms with Gasteiger partial charge >= 0.3 is 6.18 Å². The topological polar surface area (TPSA) is 79.5 Å². The Bertz CT molecular complexity index is 1260. The highest BCUT2D eigenvalue weighted by Gasteiger charge is 2.30. The van der Waals surface area contributed by atoms with Crippen molar-refractivity contribution in [3.63, 3.8) is 0 Å². The Morgan fingerprint density at radius 1 is 0.795 bits per heavy atom. The van der Waals surface area contributed by atoms with E-state index in [0.717, 1.165) is 25.0 Å². The van der Waals surface area contributed by atoms with Crippen LogP contribution >= 0.6 is 12.2 Å². The molecule has 0 aliphatic rings. The maximum Gasteiger partial charge on any atom is 0.416 e. The molecule has 0 heterocycles. The van der Waals surface area contributed by atoms with Gasteiger partial charge in [-0.05, 0) is 85.4 Å². The summed E-state index contributed by atoms with van der Waals surface area (Å²) in [7, 11) is 0. The monoisotopic (exact) mass is 557 g/mol. The maximum atomic E-state index is 12.9. The van der Waals surface area contributed by atoms with E-state index in [1.807, 2.05) is 0 Å². The van der Waals surface area contributed by atoms with Crippen LogP contribution in [0.15, 0.2) is 72.8 Å². The van der Waals surface area contributed by atoms with Crippen LogP contribution in [0.2, 0.25) is 0 Å². The summed E-state index contributed by atoms with van der Waals surface area (Å²) in [6.45, 7) is 2.81. The molecule has 10 heteroatoms. The van der Waals surface area contributed by atoms with Gasteiger partial charge in [-0.15, -0.1) is 0 Å². The van der Waals surface area contributed by atoms with Crippen LogP contribution in [0.5, 0.6) is 5.75 Å². The van der Waals surface area contributed by atoms with Crippen LogP contribution in [0.4, 0.5) is 24.5 Å². The number of ether oxygens (including phenoxy) is 1. The minimum Gasteiger partial charge on any atom is -0.494 e. The van der Waals surface area contributed by atoms with Crippen LogP contribution in [0.3, 0.4) is 0 Å². The number of carbonyl (C=O) groups excluding carboxylic acids is 2. The Labute approximate surface area is 231 Å². The average molecular weight is 558 g/mol. The number of alkyl halides is 3. The number of anilines is 2. The highest BCUT2D eigenvalue weighted by Crippen LogP contribution is 2.30. The lowest BCUT2D eigenvalue weighted by atomic mass is 10.1. The number of halogens is 3. The van der Waals surface area contributed by atoms with Crippen LogP contribution in [-0.4, -0.2) is 23.5 Å². The van der Waals surface area contributed by atoms with Gasteiger partial charge in [0.25, 0.3) is 11.8 Å². The molecule has 0 aromatic heterocycles. The first kappa shape index (κ1) is 29.6. The van der Waals surface area contributed by atoms with Gasteiger partial charge < -0.3 is 15.4 Å². The number of nitrogens with one attached hydrogen (secondary N) is 3. The lowest BCUT2D eigenvalue weighted by Crippen LogP contribution is -2.34. The van der Waals surface area contributed by atoms with E-state index in [1.54, 1.807) is 36.4 Å². The van der Waals surface area contributed by atoms with Crippen LogP contribution < -0.4 is 20.7 Å². The van der Waals surface area contributed by atoms with Crippen molar-refractivity contribution in [2.75, 3.05) is 17.2 Å². The standard InChI is InChI=1S/C29H30F3N3O3S/c1-2-3-4-5-6-18-38-25-16-12-21(13-17-25)27(37)35-28(39)34-23-14-10-20(11-15-23)26(36)33-24-9-7-8-22(19-24)29(30,31)32/h7-17,19H,2-6,18H2,1H3,(H,33,36)(H2,34,35,37,39). The molecule has 0 fully saturated rings. The lowest BCUT2D eigenvalue weighted by molar-refractivity contribution is -0.137. The Morgan fingerprint density at radius 3 is 2.10 bits per heavy atom. The third-order valence-electron chi connectivity index (χ3n) is 5.71. The van der Waals surface area contributed by atoms with Gasteiger partial charge in [0.2, 0.25) is 0 Å². The molecule has 0 aliphatic carbocycles. The van der Waals surface area contributed by atoms with Crippen molar-refractivity contribution in [3.05, 3.63) is 89.5 Å². The molecule has 0 aliphatic heterocycles. The molecule has 0 bridgehead atoms. The predicted molar refractivity (Wildman–Crippen MR) is 150 cm³/mol. The molecule has 0 saturated carbocycles. The smallest absolute Gasteiger partial charge is 0.416 e. The summed E-state index contributed by atoms with van der Waals surface area (Å²) in [5.74, 6) is -0.267. The molecule has 0 unspecified atom stereocenters. The first-order valence-corrected chi connectivity index (χ1v) is 13.0. The van der Waals surface area contributed by atoms with Crippen molar-refractivity contribution < 1.29 is 27.5 Å². The number of benzene rings is 3. The molecule has 3 aromatic carbocycles. The summed E-state index contributed by atoms with van der Waals surface area (Å²) >= 11 is 5.21. The van der Waals surface area contributed by atoms with Gasteiger partial charge in [0.15, 0.2) is 5.11 Å². The molecule has 3 rings (SSSR count). The summed E-state index contributed by atoms with van der Waals surface area (Å²) in [6.07, 6.45) is 1.25. The minimum atomic E-state index is -4.51. The molecule has 0 spiro atoms. The lowest BCUT2D eigenvalue weighted by Gasteiger charge is -2.12. The van der Waals surface area contributed by atoms with Crippen molar-refractivity contribution in [1.82, 2.24) is 5.32 Å². The highest BCUT2D eigenvalue weighted by molar-refractivity contribution is 7.80. The molecule has 39 heavy (non-hydrogen) atoms. The molecule has 0 radical (unpaired) electrons. The number of rotatable bonds is 11. The quantitative estimate of drug-likeness (QED) is 0.169. The van der Waals surface area contributed by atoms with Gasteiger partial charge in [0, 0.05) is 22.5 Å². The van der Waals surface area contributed by atoms with E-state index in [9.17, 15) is 22.8 Å². The van der Waals surface area contributed by atoms with E-state index in [-0.39, 0.29) is 16.4 Å². The molecule has 3 N–H and O–H groups in total. The molecule has 2 amide bonds. The largest absolute Gasteiger partial charge is 0.494 e. The number of amides is 2. The van der Waals surface area contributed by atoms with E-state index < -0.39 is 23.6 Å². The van der Waals surface area contributed by atoms with Gasteiger partial charge in [-0.2, -0.15) is 13.2 Å². The molecule has 6 nitrogen and oxygen atoms in total. The number of hydrogen-bond acceptors (Lipinski definition) is 4. The Morgan fingerprint density at radius 2 is 1.44 bits per heavy atom. The molecular formula is C29H30F3N3O3S. The second-order valence-corrected chi connectivity index (χ2v) is 9.21. The number of carbonyl (C=O) groups is 2. The van der Waals surface area contributed by atoms with Gasteiger partial charge in [-0.1, -0.05) is 38.7 Å². The zero-order valence-corrected chi connectivity index (χ0v) is 22.3. The highest BCUT2D eigenvalue weighted by atomic mass is 32.1. The fraction of sp³-hybridized carbons (Fsp3) is 0.276. The second kappa shape index (κ2) is 14.3. The van der Waals surface area contributed by atoms with Gasteiger partial charge in [-0.3, -0.25) is 14.9 Å². The number of unbranched alkanes of at least 4 members (excludes halogenated alkanes) is 4. The zero-order chi connectivity index (χ0) is 28.3. The first-order chi connectivity index (χ1) is 18.7. The summed E-state index contributed by atoms with van der Waals surface area (Å²) in [5.41, 5.74) is 0.335. The van der Waals surface area contributed by atoms with E-state index in [2.05, 4.69) is 22.9 Å². The van der Waals surface area contributed by atoms with Crippen LogP contribution in [-0.2, 0) is 6.18 Å². The zero-order valence-electron chi connectivity index (χ0n) is 21.4. The number of hydrogen-bond donors (Lipinski definition) is 3. The summed E-state index contributed by atoms with van der Waals surface area (Å²) < 4.78 is 44.4. The van der Waals surface area contributed by atoms with Crippen LogP contribution in [0.25, 0.3) is 0 Å². The van der Waals surface area contributed by atoms with Crippen molar-refractivity contribution in [2.45, 2.75) is 45.2 Å². The van der Waals surface area contributed by atoms with Crippen molar-refractivity contribution in [3.8, 4) is 5.75 Å². The summed E-state index contributed by atoms with van der Waals surface area (Å²) in [4.78, 5) is 25.0. The van der Waals surface area contributed by atoms with Crippen molar-refractivity contribution >= 4 is 40.5 Å². The first-order valence-electron chi connectivity index (χ1n) is 12.6. The van der Waals surface area contributed by atoms with Crippen LogP contribution in [0.1, 0.15) is 65.3 Å². The van der Waals surface area contributed by atoms with Crippen molar-refractivity contribution in [2.24, 2.45) is 0 Å². The minimum absolute atomic E-state index is 0.0305. The third kappa shape index (κ3) is 9.72. The van der Waals surface area contributed by atoms with E-state index in [1.165, 1.54) is 43.5 Å². The number of thiocarbonyl (C=S) groups is 1. The van der Waals surface area contributed by atoms with E-state index in [4.69, 9.17) is 17.0 Å². The molecule has 0 atom stereocenters. The summed E-state index contributed by atoms with van der Waals surface area (Å²) in [6, 6.07) is 17.3. The van der Waals surface area contributed by atoms with E-state index in [0.29, 0.717) is 23.6 Å². The maximum absolute atomic E-state index is 12.9. The summed E-state index contributed by atoms with van der Waals surface area (Å²) in [5, 5.41) is 7.97. The normalized spacial score (nSPS) is 11.0. The van der Waals surface area contributed by atoms with Gasteiger partial charge in [0.1, 0.15) is 5.75 Å². The molecule has 0 saturated heterocycles. The fourth-order valence-corrected chi connectivity index (χ4v) is 3.83. The Kier molecular flexibility index (Phi) is 10.9. The second-order valence-electron chi connectivity index (χ2n) is 8.81. The van der Waals surface area contributed by atoms with E-state index >= 15 is 0 Å². The molecule has 206 valence electrons. The Hall–Kier alpha value is -3.92. The molecular weight excluding hydrogens is 527 g/mol. The van der Waals surface area contributed by atoms with Gasteiger partial charge in [0.05, 0.1) is 12.2 Å². The fourth-order valence-electron chi connectivity index (χ4n) is 3.62. The van der Waals surface area contributed by atoms with Crippen LogP contribution in [0, 0.1) is 0 Å².